The van der Waals surface area contributed by atoms with Crippen LogP contribution < -0.4 is 5.32 Å². The highest BCUT2D eigenvalue weighted by Crippen LogP contribution is 2.11. The fraction of sp³-hybridized carbons (Fsp3) is 0.750. The van der Waals surface area contributed by atoms with Crippen molar-refractivity contribution in [1.29, 1.82) is 0 Å². The van der Waals surface area contributed by atoms with E-state index in [9.17, 15) is 9.59 Å². The van der Waals surface area contributed by atoms with E-state index >= 15 is 0 Å². The Balaban J connectivity index is 4.27. The van der Waals surface area contributed by atoms with Gasteiger partial charge in [-0.3, -0.25) is 9.59 Å². The summed E-state index contributed by atoms with van der Waals surface area (Å²) >= 11 is 0. The number of hydrogen-bond donors (Lipinski definition) is 2. The van der Waals surface area contributed by atoms with Crippen molar-refractivity contribution < 1.29 is 14.7 Å². The average Bonchev–Trinajstić information content (AvgIpc) is 1.81. The first-order valence-electron chi connectivity index (χ1n) is 4.22. The number of nitrogens with one attached hydrogen (secondary N) is 1. The molecule has 0 aliphatic heterocycles. The topological polar surface area (TPSA) is 66.4 Å². The van der Waals surface area contributed by atoms with Crippen LogP contribution in [-0.2, 0) is 9.59 Å². The largest absolute Gasteiger partial charge is 0.480 e. The molecule has 0 unspecified atom stereocenters. The Bertz CT molecular complexity index is 210. The lowest BCUT2D eigenvalue weighted by Gasteiger charge is -2.21. The van der Waals surface area contributed by atoms with Crippen molar-refractivity contribution in [3.8, 4) is 0 Å². The highest BCUT2D eigenvalue weighted by molar-refractivity contribution is 6.76. The number of carboxylic acids is 1. The second kappa shape index (κ2) is 4.41. The van der Waals surface area contributed by atoms with E-state index in [4.69, 9.17) is 5.11 Å². The molecule has 4 nitrogen and oxygen atoms in total. The van der Waals surface area contributed by atoms with Crippen molar-refractivity contribution in [2.45, 2.75) is 38.7 Å². The Morgan fingerprint density at radius 2 is 1.85 bits per heavy atom. The Labute approximate surface area is 79.3 Å². The fourth-order valence-electron chi connectivity index (χ4n) is 1.06. The van der Waals surface area contributed by atoms with E-state index < -0.39 is 20.1 Å². The van der Waals surface area contributed by atoms with E-state index in [1.807, 2.05) is 0 Å². The van der Waals surface area contributed by atoms with Gasteiger partial charge in [0, 0.05) is 15.0 Å². The van der Waals surface area contributed by atoms with Crippen molar-refractivity contribution in [3.63, 3.8) is 0 Å². The van der Waals surface area contributed by atoms with Crippen LogP contribution in [0.1, 0.15) is 6.92 Å². The van der Waals surface area contributed by atoms with E-state index in [0.29, 0.717) is 6.04 Å². The summed E-state index contributed by atoms with van der Waals surface area (Å²) in [5.74, 6) is -1.23. The Morgan fingerprint density at radius 3 is 2.08 bits per heavy atom. The van der Waals surface area contributed by atoms with E-state index in [0.717, 1.165) is 0 Å². The van der Waals surface area contributed by atoms with Crippen LogP contribution in [0.15, 0.2) is 0 Å². The van der Waals surface area contributed by atoms with Gasteiger partial charge < -0.3 is 10.4 Å². The predicted octanol–water partition coefficient (Wildman–Crippen LogP) is 0.914. The van der Waals surface area contributed by atoms with Gasteiger partial charge >= 0.3 is 5.97 Å². The highest BCUT2D eigenvalue weighted by atomic mass is 28.3. The maximum atomic E-state index is 10.7. The zero-order chi connectivity index (χ0) is 10.6. The molecule has 0 saturated heterocycles. The summed E-state index contributed by atoms with van der Waals surface area (Å²) in [5, 5.41) is 11.2. The molecule has 1 amide bonds. The monoisotopic (exact) mass is 203 g/mol. The molecule has 0 aliphatic rings. The van der Waals surface area contributed by atoms with Crippen LogP contribution in [0.4, 0.5) is 0 Å². The third kappa shape index (κ3) is 6.33. The smallest absolute Gasteiger partial charge is 0.325 e. The minimum atomic E-state index is -1.45. The first-order valence-corrected chi connectivity index (χ1v) is 7.93. The Morgan fingerprint density at radius 1 is 1.38 bits per heavy atom. The molecule has 0 aliphatic carbocycles. The second-order valence-corrected chi connectivity index (χ2v) is 9.89. The van der Waals surface area contributed by atoms with Crippen LogP contribution in [0, 0.1) is 0 Å². The molecule has 0 saturated carbocycles. The summed E-state index contributed by atoms with van der Waals surface area (Å²) < 4.78 is 0. The van der Waals surface area contributed by atoms with Crippen molar-refractivity contribution in [2.24, 2.45) is 0 Å². The van der Waals surface area contributed by atoms with Gasteiger partial charge in [-0.25, -0.2) is 0 Å². The highest BCUT2D eigenvalue weighted by Gasteiger charge is 2.26. The molecule has 0 radical (unpaired) electrons. The Kier molecular flexibility index (Phi) is 4.12. The molecule has 0 spiro atoms. The van der Waals surface area contributed by atoms with E-state index in [1.165, 1.54) is 6.92 Å². The molecule has 76 valence electrons. The third-order valence-corrected chi connectivity index (χ3v) is 3.13. The number of aliphatic carboxylic acids is 1. The lowest BCUT2D eigenvalue weighted by Crippen LogP contribution is -2.44. The summed E-state index contributed by atoms with van der Waals surface area (Å²) in [6.07, 6.45) is 0. The van der Waals surface area contributed by atoms with Crippen LogP contribution in [-0.4, -0.2) is 31.1 Å². The second-order valence-electron chi connectivity index (χ2n) is 4.36. The van der Waals surface area contributed by atoms with Crippen LogP contribution >= 0.6 is 0 Å². The molecule has 0 aromatic rings. The molecule has 0 fully saturated rings. The Hall–Kier alpha value is -0.843. The van der Waals surface area contributed by atoms with Crippen LogP contribution in [0.25, 0.3) is 0 Å². The summed E-state index contributed by atoms with van der Waals surface area (Å²) in [4.78, 5) is 21.4. The van der Waals surface area contributed by atoms with Gasteiger partial charge in [0.05, 0.1) is 0 Å². The van der Waals surface area contributed by atoms with Gasteiger partial charge in [-0.15, -0.1) is 0 Å². The number of carbonyl (C=O) groups excluding carboxylic acids is 1. The van der Waals surface area contributed by atoms with Gasteiger partial charge in [0.25, 0.3) is 0 Å². The molecule has 13 heavy (non-hydrogen) atoms. The van der Waals surface area contributed by atoms with Crippen molar-refractivity contribution in [1.82, 2.24) is 5.32 Å². The lowest BCUT2D eigenvalue weighted by atomic mass is 10.3. The zero-order valence-corrected chi connectivity index (χ0v) is 9.55. The van der Waals surface area contributed by atoms with Crippen molar-refractivity contribution in [3.05, 3.63) is 0 Å². The summed E-state index contributed by atoms with van der Waals surface area (Å²) in [7, 11) is -1.45. The number of carbonyl (C=O) groups is 2. The molecule has 5 heteroatoms. The number of hydrogen-bond acceptors (Lipinski definition) is 2. The minimum Gasteiger partial charge on any atom is -0.480 e. The molecule has 0 aromatic carbocycles. The molecule has 1 atom stereocenters. The number of carboxylic acid groups (broad SMARTS) is 1. The van der Waals surface area contributed by atoms with Gasteiger partial charge in [0.1, 0.15) is 6.04 Å². The zero-order valence-electron chi connectivity index (χ0n) is 8.55. The maximum Gasteiger partial charge on any atom is 0.325 e. The SMILES string of the molecule is CC(=O)N[C@H](C[Si](C)(C)C)C(=O)O. The average molecular weight is 203 g/mol. The molecule has 0 aromatic heterocycles. The standard InChI is InChI=1S/C8H17NO3Si/c1-6(10)9-7(8(11)12)5-13(2,3)4/h7H,5H2,1-4H3,(H,9,10)(H,11,12)/t7-/m1/s1. The fourth-order valence-corrected chi connectivity index (χ4v) is 2.56. The molecular formula is C8H17NO3Si. The van der Waals surface area contributed by atoms with Gasteiger partial charge in [-0.2, -0.15) is 0 Å². The van der Waals surface area contributed by atoms with Crippen LogP contribution in [0.3, 0.4) is 0 Å². The van der Waals surface area contributed by atoms with Gasteiger partial charge in [0.2, 0.25) is 5.91 Å². The minimum absolute atomic E-state index is 0.286. The third-order valence-electron chi connectivity index (χ3n) is 1.49. The predicted molar refractivity (Wildman–Crippen MR) is 53.4 cm³/mol. The summed E-state index contributed by atoms with van der Waals surface area (Å²) in [6.45, 7) is 7.56. The van der Waals surface area contributed by atoms with Gasteiger partial charge in [-0.05, 0) is 6.04 Å². The van der Waals surface area contributed by atoms with Crippen molar-refractivity contribution >= 4 is 20.0 Å². The van der Waals surface area contributed by atoms with Crippen molar-refractivity contribution in [2.75, 3.05) is 0 Å². The van der Waals surface area contributed by atoms with E-state index in [2.05, 4.69) is 25.0 Å². The first kappa shape index (κ1) is 12.2. The molecular weight excluding hydrogens is 186 g/mol. The number of amides is 1. The quantitative estimate of drug-likeness (QED) is 0.667. The lowest BCUT2D eigenvalue weighted by molar-refractivity contribution is -0.141. The van der Waals surface area contributed by atoms with Crippen LogP contribution in [0.2, 0.25) is 25.7 Å². The summed E-state index contributed by atoms with van der Waals surface area (Å²) in [5.41, 5.74) is 0. The molecule has 2 N–H and O–H groups in total. The summed E-state index contributed by atoms with van der Waals surface area (Å²) in [6, 6.07) is -0.147. The number of rotatable bonds is 4. The van der Waals surface area contributed by atoms with E-state index in [-0.39, 0.29) is 5.91 Å². The molecule has 0 bridgehead atoms. The molecule has 0 rings (SSSR count). The first-order chi connectivity index (χ1) is 5.72. The van der Waals surface area contributed by atoms with E-state index in [1.54, 1.807) is 0 Å². The van der Waals surface area contributed by atoms with Gasteiger partial charge in [0.15, 0.2) is 0 Å². The molecule has 0 heterocycles. The van der Waals surface area contributed by atoms with Crippen LogP contribution in [0.5, 0.6) is 0 Å². The van der Waals surface area contributed by atoms with Gasteiger partial charge in [-0.1, -0.05) is 19.6 Å². The normalized spacial score (nSPS) is 13.5. The maximum absolute atomic E-state index is 10.7.